The molecule has 0 saturated heterocycles. The van der Waals surface area contributed by atoms with Crippen LogP contribution < -0.4 is 5.32 Å². The Morgan fingerprint density at radius 2 is 1.59 bits per heavy atom. The van der Waals surface area contributed by atoms with Crippen molar-refractivity contribution < 1.29 is 24.2 Å². The minimum absolute atomic E-state index is 0.0164. The lowest BCUT2D eigenvalue weighted by Crippen LogP contribution is -2.37. The molecule has 0 spiro atoms. The van der Waals surface area contributed by atoms with Crippen molar-refractivity contribution in [1.29, 1.82) is 0 Å². The van der Waals surface area contributed by atoms with Crippen LogP contribution >= 0.6 is 0 Å². The third kappa shape index (κ3) is 5.15. The second kappa shape index (κ2) is 8.66. The maximum atomic E-state index is 12.2. The van der Waals surface area contributed by atoms with Gasteiger partial charge in [-0.1, -0.05) is 48.5 Å². The minimum atomic E-state index is -1.02. The molecule has 0 aromatic heterocycles. The first-order valence-electron chi connectivity index (χ1n) is 9.72. The number of nitrogens with one attached hydrogen (secondary N) is 1. The number of ether oxygens (including phenoxy) is 2. The Morgan fingerprint density at radius 1 is 1.03 bits per heavy atom. The Balaban J connectivity index is 1.57. The number of carbonyl (C=O) groups excluding carboxylic acids is 1. The van der Waals surface area contributed by atoms with E-state index in [9.17, 15) is 14.7 Å². The monoisotopic (exact) mass is 397 g/mol. The summed E-state index contributed by atoms with van der Waals surface area (Å²) in [7, 11) is 0. The highest BCUT2D eigenvalue weighted by Gasteiger charge is 2.29. The zero-order chi connectivity index (χ0) is 21.0. The highest BCUT2D eigenvalue weighted by atomic mass is 16.5. The van der Waals surface area contributed by atoms with Crippen LogP contribution in [0.3, 0.4) is 0 Å². The topological polar surface area (TPSA) is 84.9 Å². The molecule has 0 fully saturated rings. The van der Waals surface area contributed by atoms with Crippen molar-refractivity contribution >= 4 is 12.1 Å². The predicted octanol–water partition coefficient (Wildman–Crippen LogP) is 4.04. The Kier molecular flexibility index (Phi) is 6.23. The minimum Gasteiger partial charge on any atom is -0.481 e. The van der Waals surface area contributed by atoms with Crippen LogP contribution in [-0.2, 0) is 14.3 Å². The van der Waals surface area contributed by atoms with Gasteiger partial charge in [-0.3, -0.25) is 4.79 Å². The van der Waals surface area contributed by atoms with Crippen LogP contribution in [0.25, 0.3) is 11.1 Å². The molecule has 0 bridgehead atoms. The van der Waals surface area contributed by atoms with E-state index in [2.05, 4.69) is 17.4 Å². The van der Waals surface area contributed by atoms with Crippen molar-refractivity contribution in [3.05, 3.63) is 59.7 Å². The predicted molar refractivity (Wildman–Crippen MR) is 110 cm³/mol. The number of rotatable bonds is 7. The van der Waals surface area contributed by atoms with Crippen LogP contribution in [0.2, 0.25) is 0 Å². The fraction of sp³-hybridized carbons (Fsp3) is 0.391. The number of alkyl carbamates (subject to hydrolysis) is 1. The van der Waals surface area contributed by atoms with Crippen molar-refractivity contribution in [2.75, 3.05) is 19.8 Å². The number of carbonyl (C=O) groups is 2. The second-order valence-electron chi connectivity index (χ2n) is 8.16. The number of carboxylic acids is 1. The molecule has 3 rings (SSSR count). The molecular weight excluding hydrogens is 370 g/mol. The van der Waals surface area contributed by atoms with Crippen LogP contribution in [0, 0.1) is 5.92 Å². The van der Waals surface area contributed by atoms with Crippen molar-refractivity contribution in [2.45, 2.75) is 32.3 Å². The molecule has 1 amide bonds. The Labute approximate surface area is 170 Å². The van der Waals surface area contributed by atoms with Gasteiger partial charge in [0.25, 0.3) is 0 Å². The maximum absolute atomic E-state index is 12.2. The molecule has 2 aromatic rings. The van der Waals surface area contributed by atoms with E-state index in [4.69, 9.17) is 9.47 Å². The van der Waals surface area contributed by atoms with Gasteiger partial charge in [0.15, 0.2) is 0 Å². The summed E-state index contributed by atoms with van der Waals surface area (Å²) in [5, 5.41) is 11.9. The fourth-order valence-electron chi connectivity index (χ4n) is 3.42. The van der Waals surface area contributed by atoms with E-state index in [-0.39, 0.29) is 25.7 Å². The van der Waals surface area contributed by atoms with Crippen molar-refractivity contribution in [1.82, 2.24) is 5.32 Å². The number of carboxylic acid groups (broad SMARTS) is 1. The quantitative estimate of drug-likeness (QED) is 0.737. The third-order valence-electron chi connectivity index (χ3n) is 4.90. The van der Waals surface area contributed by atoms with E-state index in [1.54, 1.807) is 0 Å². The lowest BCUT2D eigenvalue weighted by molar-refractivity contribution is -0.145. The third-order valence-corrected chi connectivity index (χ3v) is 4.90. The first kappa shape index (κ1) is 20.9. The number of aliphatic carboxylic acids is 1. The molecule has 1 aliphatic carbocycles. The van der Waals surface area contributed by atoms with Gasteiger partial charge in [-0.15, -0.1) is 0 Å². The number of amides is 1. The summed E-state index contributed by atoms with van der Waals surface area (Å²) in [4.78, 5) is 23.6. The van der Waals surface area contributed by atoms with Crippen LogP contribution in [0.1, 0.15) is 37.8 Å². The van der Waals surface area contributed by atoms with E-state index < -0.39 is 23.6 Å². The van der Waals surface area contributed by atoms with Gasteiger partial charge >= 0.3 is 12.1 Å². The van der Waals surface area contributed by atoms with E-state index in [0.717, 1.165) is 22.3 Å². The lowest BCUT2D eigenvalue weighted by Gasteiger charge is -2.22. The number of fused-ring (bicyclic) bond motifs is 3. The fourth-order valence-corrected chi connectivity index (χ4v) is 3.42. The van der Waals surface area contributed by atoms with E-state index in [1.807, 2.05) is 57.2 Å². The van der Waals surface area contributed by atoms with E-state index in [1.165, 1.54) is 0 Å². The molecule has 0 radical (unpaired) electrons. The SMILES string of the molecule is CC(C)(C)OC[C@H](CNC(=O)OCC1c2ccccc2-c2ccccc21)C(=O)O. The largest absolute Gasteiger partial charge is 0.481 e. The Morgan fingerprint density at radius 3 is 2.10 bits per heavy atom. The molecule has 154 valence electrons. The van der Waals surface area contributed by atoms with Gasteiger partial charge < -0.3 is 19.9 Å². The highest BCUT2D eigenvalue weighted by molar-refractivity contribution is 5.79. The number of hydrogen-bond acceptors (Lipinski definition) is 4. The van der Waals surface area contributed by atoms with Gasteiger partial charge in [0.2, 0.25) is 0 Å². The highest BCUT2D eigenvalue weighted by Crippen LogP contribution is 2.44. The molecule has 1 aliphatic rings. The average molecular weight is 397 g/mol. The van der Waals surface area contributed by atoms with Crippen LogP contribution in [-0.4, -0.2) is 42.5 Å². The molecule has 0 unspecified atom stereocenters. The standard InChI is InChI=1S/C23H27NO5/c1-23(2,3)29-13-15(21(25)26)12-24-22(27)28-14-20-18-10-6-4-8-16(18)17-9-5-7-11-19(17)20/h4-11,15,20H,12-14H2,1-3H3,(H,24,27)(H,25,26)/t15-/m0/s1. The van der Waals surface area contributed by atoms with Gasteiger partial charge in [-0.05, 0) is 43.0 Å². The van der Waals surface area contributed by atoms with E-state index in [0.29, 0.717) is 0 Å². The first-order valence-corrected chi connectivity index (χ1v) is 9.72. The van der Waals surface area contributed by atoms with Crippen LogP contribution in [0.4, 0.5) is 4.79 Å². The molecule has 2 aromatic carbocycles. The lowest BCUT2D eigenvalue weighted by atomic mass is 9.98. The van der Waals surface area contributed by atoms with Crippen molar-refractivity contribution in [2.24, 2.45) is 5.92 Å². The summed E-state index contributed by atoms with van der Waals surface area (Å²) in [5.41, 5.74) is 4.12. The van der Waals surface area contributed by atoms with Crippen molar-refractivity contribution in [3.63, 3.8) is 0 Å². The molecule has 0 saturated carbocycles. The van der Waals surface area contributed by atoms with Gasteiger partial charge in [-0.25, -0.2) is 4.79 Å². The van der Waals surface area contributed by atoms with E-state index >= 15 is 0 Å². The smallest absolute Gasteiger partial charge is 0.407 e. The molecule has 0 aliphatic heterocycles. The molecule has 6 heteroatoms. The van der Waals surface area contributed by atoms with Crippen LogP contribution in [0.5, 0.6) is 0 Å². The molecule has 0 heterocycles. The van der Waals surface area contributed by atoms with Gasteiger partial charge in [0.05, 0.1) is 18.1 Å². The molecular formula is C23H27NO5. The summed E-state index contributed by atoms with van der Waals surface area (Å²) in [6, 6.07) is 16.2. The molecule has 2 N–H and O–H groups in total. The number of benzene rings is 2. The maximum Gasteiger partial charge on any atom is 0.407 e. The zero-order valence-corrected chi connectivity index (χ0v) is 17.0. The normalized spacial score (nSPS) is 14.0. The Hall–Kier alpha value is -2.86. The molecule has 29 heavy (non-hydrogen) atoms. The zero-order valence-electron chi connectivity index (χ0n) is 17.0. The summed E-state index contributed by atoms with van der Waals surface area (Å²) in [6.07, 6.45) is -0.631. The van der Waals surface area contributed by atoms with Gasteiger partial charge in [-0.2, -0.15) is 0 Å². The molecule has 6 nitrogen and oxygen atoms in total. The summed E-state index contributed by atoms with van der Waals surface area (Å²) >= 11 is 0. The Bertz CT molecular complexity index is 841. The molecule has 1 atom stereocenters. The summed E-state index contributed by atoms with van der Waals surface area (Å²) in [5.74, 6) is -1.89. The second-order valence-corrected chi connectivity index (χ2v) is 8.16. The van der Waals surface area contributed by atoms with Crippen molar-refractivity contribution in [3.8, 4) is 11.1 Å². The summed E-state index contributed by atoms with van der Waals surface area (Å²) < 4.78 is 11.0. The summed E-state index contributed by atoms with van der Waals surface area (Å²) in [6.45, 7) is 5.71. The first-order chi connectivity index (χ1) is 13.8. The average Bonchev–Trinajstić information content (AvgIpc) is 2.99. The number of hydrogen-bond donors (Lipinski definition) is 2. The van der Waals surface area contributed by atoms with Crippen LogP contribution in [0.15, 0.2) is 48.5 Å². The van der Waals surface area contributed by atoms with Gasteiger partial charge in [0.1, 0.15) is 6.61 Å². The van der Waals surface area contributed by atoms with Gasteiger partial charge in [0, 0.05) is 12.5 Å².